The maximum atomic E-state index is 10.8. The predicted molar refractivity (Wildman–Crippen MR) is 91.3 cm³/mol. The first-order valence-corrected chi connectivity index (χ1v) is 8.61. The second-order valence-corrected chi connectivity index (χ2v) is 7.07. The molecule has 2 aromatic rings. The number of hydrogen-bond acceptors (Lipinski definition) is 8. The van der Waals surface area contributed by atoms with Crippen LogP contribution in [0.1, 0.15) is 27.9 Å². The van der Waals surface area contributed by atoms with Crippen LogP contribution in [0.2, 0.25) is 0 Å². The first-order chi connectivity index (χ1) is 11.9. The number of phenolic OH excluding ortho intramolecular Hbond substituents is 5. The highest BCUT2D eigenvalue weighted by Crippen LogP contribution is 2.58. The fraction of sp³-hybridized carbons (Fsp3) is 0.294. The van der Waals surface area contributed by atoms with Crippen molar-refractivity contribution in [2.75, 3.05) is 12.4 Å². The molecule has 25 heavy (non-hydrogen) atoms. The van der Waals surface area contributed by atoms with Gasteiger partial charge in [-0.25, -0.2) is 0 Å². The molecule has 0 bridgehead atoms. The molecule has 0 saturated heterocycles. The Balaban J connectivity index is 2.19. The molecule has 0 radical (unpaired) electrons. The van der Waals surface area contributed by atoms with Gasteiger partial charge in [-0.3, -0.25) is 0 Å². The second kappa shape index (κ2) is 6.55. The summed E-state index contributed by atoms with van der Waals surface area (Å²) in [5.41, 5.74) is 0.870. The molecule has 0 aromatic heterocycles. The molecule has 0 saturated carbocycles. The van der Waals surface area contributed by atoms with Gasteiger partial charge in [-0.1, -0.05) is 6.07 Å². The van der Waals surface area contributed by atoms with Crippen LogP contribution in [-0.2, 0) is 0 Å². The molecule has 2 aromatic carbocycles. The summed E-state index contributed by atoms with van der Waals surface area (Å²) in [6.45, 7) is -0.117. The zero-order valence-electron chi connectivity index (χ0n) is 13.0. The van der Waals surface area contributed by atoms with E-state index in [1.165, 1.54) is 30.0 Å². The third-order valence-corrected chi connectivity index (χ3v) is 5.64. The molecule has 0 amide bonds. The molecule has 3 atom stereocenters. The van der Waals surface area contributed by atoms with Crippen LogP contribution < -0.4 is 0 Å². The third kappa shape index (κ3) is 2.82. The van der Waals surface area contributed by atoms with Crippen molar-refractivity contribution in [1.82, 2.24) is 0 Å². The fourth-order valence-electron chi connectivity index (χ4n) is 3.27. The lowest BCUT2D eigenvalue weighted by molar-refractivity contribution is 0.164. The van der Waals surface area contributed by atoms with E-state index in [-0.39, 0.29) is 29.2 Å². The van der Waals surface area contributed by atoms with E-state index in [0.717, 1.165) is 6.07 Å². The first-order valence-electron chi connectivity index (χ1n) is 7.56. The van der Waals surface area contributed by atoms with Gasteiger partial charge in [-0.2, -0.15) is 0 Å². The Hall–Kier alpha value is -2.29. The highest BCUT2D eigenvalue weighted by molar-refractivity contribution is 7.99. The Morgan fingerprint density at radius 1 is 0.880 bits per heavy atom. The van der Waals surface area contributed by atoms with Crippen LogP contribution in [-0.4, -0.2) is 54.2 Å². The number of aliphatic hydroxyl groups is 2. The summed E-state index contributed by atoms with van der Waals surface area (Å²) in [4.78, 5) is 0. The van der Waals surface area contributed by atoms with Crippen LogP contribution in [0.4, 0.5) is 0 Å². The Bertz CT molecular complexity index is 808. The SMILES string of the molecule is OCCS[C@H]1c2cc(O)c(O)c(O)c2[C@@H](c2ccc(O)cc2O)[C@@H]1O. The molecule has 7 nitrogen and oxygen atoms in total. The lowest BCUT2D eigenvalue weighted by Crippen LogP contribution is -2.18. The summed E-state index contributed by atoms with van der Waals surface area (Å²) >= 11 is 1.23. The fourth-order valence-corrected chi connectivity index (χ4v) is 4.36. The van der Waals surface area contributed by atoms with E-state index in [1.807, 2.05) is 0 Å². The zero-order chi connectivity index (χ0) is 18.3. The van der Waals surface area contributed by atoms with Crippen LogP contribution in [0.5, 0.6) is 28.7 Å². The number of aromatic hydroxyl groups is 5. The van der Waals surface area contributed by atoms with Crippen molar-refractivity contribution in [3.8, 4) is 28.7 Å². The number of hydrogen-bond donors (Lipinski definition) is 7. The summed E-state index contributed by atoms with van der Waals surface area (Å²) < 4.78 is 0. The number of fused-ring (bicyclic) bond motifs is 1. The van der Waals surface area contributed by atoms with E-state index in [9.17, 15) is 30.6 Å². The van der Waals surface area contributed by atoms with Crippen molar-refractivity contribution >= 4 is 11.8 Å². The molecule has 8 heteroatoms. The lowest BCUT2D eigenvalue weighted by atomic mass is 9.89. The average molecular weight is 366 g/mol. The molecule has 3 rings (SSSR count). The number of aliphatic hydroxyl groups excluding tert-OH is 2. The maximum absolute atomic E-state index is 10.8. The first kappa shape index (κ1) is 17.5. The molecule has 0 spiro atoms. The topological polar surface area (TPSA) is 142 Å². The van der Waals surface area contributed by atoms with Crippen molar-refractivity contribution in [3.05, 3.63) is 41.0 Å². The van der Waals surface area contributed by atoms with Gasteiger partial charge in [-0.15, -0.1) is 11.8 Å². The van der Waals surface area contributed by atoms with E-state index in [4.69, 9.17) is 5.11 Å². The Morgan fingerprint density at radius 2 is 1.60 bits per heavy atom. The van der Waals surface area contributed by atoms with Crippen LogP contribution in [0.3, 0.4) is 0 Å². The monoisotopic (exact) mass is 366 g/mol. The van der Waals surface area contributed by atoms with Crippen LogP contribution in [0, 0.1) is 0 Å². The van der Waals surface area contributed by atoms with Gasteiger partial charge in [0.25, 0.3) is 0 Å². The zero-order valence-corrected chi connectivity index (χ0v) is 13.8. The molecular weight excluding hydrogens is 348 g/mol. The molecule has 0 heterocycles. The second-order valence-electron chi connectivity index (χ2n) is 5.82. The smallest absolute Gasteiger partial charge is 0.200 e. The van der Waals surface area contributed by atoms with Gasteiger partial charge in [-0.05, 0) is 17.7 Å². The van der Waals surface area contributed by atoms with Crippen molar-refractivity contribution < 1.29 is 35.7 Å². The Kier molecular flexibility index (Phi) is 4.59. The predicted octanol–water partition coefficient (Wildman–Crippen LogP) is 1.49. The van der Waals surface area contributed by atoms with Gasteiger partial charge in [0.1, 0.15) is 11.5 Å². The van der Waals surface area contributed by atoms with Gasteiger partial charge >= 0.3 is 0 Å². The number of benzene rings is 2. The molecule has 7 N–H and O–H groups in total. The summed E-state index contributed by atoms with van der Waals surface area (Å²) in [6, 6.07) is 5.14. The Morgan fingerprint density at radius 3 is 2.24 bits per heavy atom. The molecule has 0 fully saturated rings. The van der Waals surface area contributed by atoms with E-state index in [1.54, 1.807) is 0 Å². The largest absolute Gasteiger partial charge is 0.508 e. The molecule has 0 unspecified atom stereocenters. The molecule has 0 aliphatic heterocycles. The minimum atomic E-state index is -1.09. The van der Waals surface area contributed by atoms with Gasteiger partial charge in [0.2, 0.25) is 5.75 Å². The summed E-state index contributed by atoms with van der Waals surface area (Å²) in [7, 11) is 0. The van der Waals surface area contributed by atoms with Crippen molar-refractivity contribution in [1.29, 1.82) is 0 Å². The van der Waals surface area contributed by atoms with E-state index >= 15 is 0 Å². The van der Waals surface area contributed by atoms with E-state index in [0.29, 0.717) is 11.3 Å². The van der Waals surface area contributed by atoms with E-state index < -0.39 is 34.5 Å². The highest BCUT2D eigenvalue weighted by atomic mass is 32.2. The third-order valence-electron chi connectivity index (χ3n) is 4.33. The Labute approximate surface area is 147 Å². The molecule has 1 aliphatic carbocycles. The minimum Gasteiger partial charge on any atom is -0.508 e. The minimum absolute atomic E-state index is 0.117. The number of thioether (sulfide) groups is 1. The van der Waals surface area contributed by atoms with Crippen LogP contribution in [0.15, 0.2) is 24.3 Å². The number of phenols is 5. The average Bonchev–Trinajstić information content (AvgIpc) is 2.83. The van der Waals surface area contributed by atoms with Gasteiger partial charge in [0.15, 0.2) is 11.5 Å². The van der Waals surface area contributed by atoms with Crippen LogP contribution in [0.25, 0.3) is 0 Å². The summed E-state index contributed by atoms with van der Waals surface area (Å²) in [5, 5.41) is 68.9. The lowest BCUT2D eigenvalue weighted by Gasteiger charge is -2.21. The van der Waals surface area contributed by atoms with Crippen molar-refractivity contribution in [2.45, 2.75) is 17.3 Å². The van der Waals surface area contributed by atoms with Crippen molar-refractivity contribution in [2.24, 2.45) is 0 Å². The van der Waals surface area contributed by atoms with Gasteiger partial charge < -0.3 is 35.7 Å². The number of rotatable bonds is 4. The maximum Gasteiger partial charge on any atom is 0.200 e. The standard InChI is InChI=1S/C17H18O7S/c18-3-4-25-17-9-6-11(21)14(22)15(23)13(9)12(16(17)24)8-2-1-7(19)5-10(8)20/h1-2,5-6,12,16-24H,3-4H2/t12-,16+,17+/m1/s1. The molecule has 1 aliphatic rings. The van der Waals surface area contributed by atoms with E-state index in [2.05, 4.69) is 0 Å². The van der Waals surface area contributed by atoms with Crippen LogP contribution >= 0.6 is 11.8 Å². The summed E-state index contributed by atoms with van der Waals surface area (Å²) in [6.07, 6.45) is -1.09. The normalized spacial score (nSPS) is 22.1. The van der Waals surface area contributed by atoms with Crippen molar-refractivity contribution in [3.63, 3.8) is 0 Å². The molecule has 134 valence electrons. The summed E-state index contributed by atoms with van der Waals surface area (Å²) in [5.74, 6) is -2.78. The molecular formula is C17H18O7S. The van der Waals surface area contributed by atoms with Gasteiger partial charge in [0, 0.05) is 28.9 Å². The highest BCUT2D eigenvalue weighted by Gasteiger charge is 2.45. The quantitative estimate of drug-likeness (QED) is 0.404. The van der Waals surface area contributed by atoms with Gasteiger partial charge in [0.05, 0.1) is 18.0 Å².